The molecule has 0 aliphatic heterocycles. The van der Waals surface area contributed by atoms with Crippen LogP contribution in [0.1, 0.15) is 29.3 Å². The van der Waals surface area contributed by atoms with Crippen molar-refractivity contribution >= 4 is 6.29 Å². The molecule has 1 aromatic carbocycles. The fourth-order valence-corrected chi connectivity index (χ4v) is 1.19. The highest BCUT2D eigenvalue weighted by atomic mass is 16.3. The largest absolute Gasteiger partial charge is 0.508 e. The van der Waals surface area contributed by atoms with E-state index >= 15 is 0 Å². The van der Waals surface area contributed by atoms with Gasteiger partial charge in [0.1, 0.15) is 12.0 Å². The van der Waals surface area contributed by atoms with Crippen molar-refractivity contribution in [1.29, 1.82) is 0 Å². The molecule has 0 radical (unpaired) electrons. The topological polar surface area (TPSA) is 37.3 Å². The predicted octanol–water partition coefficient (Wildman–Crippen LogP) is 2.16. The standard InChI is InChI=1S/C10H12O2/c1-2-3-8-6-10(12)5-4-9(8)7-11/h4-7,12H,2-3H2,1H3. The second-order valence-corrected chi connectivity index (χ2v) is 2.75. The molecule has 0 heterocycles. The van der Waals surface area contributed by atoms with Crippen molar-refractivity contribution in [3.8, 4) is 5.75 Å². The molecule has 12 heavy (non-hydrogen) atoms. The number of hydrogen-bond acceptors (Lipinski definition) is 2. The molecule has 64 valence electrons. The van der Waals surface area contributed by atoms with Gasteiger partial charge >= 0.3 is 0 Å². The van der Waals surface area contributed by atoms with Crippen molar-refractivity contribution in [2.75, 3.05) is 0 Å². The summed E-state index contributed by atoms with van der Waals surface area (Å²) in [5.74, 6) is 0.226. The maximum Gasteiger partial charge on any atom is 0.150 e. The molecule has 0 aliphatic rings. The Kier molecular flexibility index (Phi) is 2.86. The quantitative estimate of drug-likeness (QED) is 0.695. The lowest BCUT2D eigenvalue weighted by Gasteiger charge is -2.02. The van der Waals surface area contributed by atoms with Crippen LogP contribution in [0.2, 0.25) is 0 Å². The average molecular weight is 164 g/mol. The van der Waals surface area contributed by atoms with Gasteiger partial charge in [0.05, 0.1) is 0 Å². The lowest BCUT2D eigenvalue weighted by atomic mass is 10.0. The number of carbonyl (C=O) groups excluding carboxylic acids is 1. The van der Waals surface area contributed by atoms with E-state index in [1.807, 2.05) is 6.92 Å². The number of benzene rings is 1. The molecule has 0 aliphatic carbocycles. The van der Waals surface area contributed by atoms with Crippen LogP contribution in [0.15, 0.2) is 18.2 Å². The van der Waals surface area contributed by atoms with E-state index in [4.69, 9.17) is 5.11 Å². The van der Waals surface area contributed by atoms with Gasteiger partial charge in [0.15, 0.2) is 0 Å². The molecule has 0 aromatic heterocycles. The summed E-state index contributed by atoms with van der Waals surface area (Å²) in [5.41, 5.74) is 1.60. The highest BCUT2D eigenvalue weighted by Gasteiger charge is 2.00. The Balaban J connectivity index is 3.03. The van der Waals surface area contributed by atoms with E-state index in [2.05, 4.69) is 0 Å². The van der Waals surface area contributed by atoms with Gasteiger partial charge in [0.2, 0.25) is 0 Å². The Morgan fingerprint density at radius 2 is 2.25 bits per heavy atom. The van der Waals surface area contributed by atoms with Gasteiger partial charge in [-0.25, -0.2) is 0 Å². The molecule has 0 spiro atoms. The summed E-state index contributed by atoms with van der Waals surface area (Å²) >= 11 is 0. The van der Waals surface area contributed by atoms with E-state index in [1.54, 1.807) is 12.1 Å². The SMILES string of the molecule is CCCc1cc(O)ccc1C=O. The molecule has 0 saturated heterocycles. The molecular weight excluding hydrogens is 152 g/mol. The Labute approximate surface area is 71.8 Å². The Bertz CT molecular complexity index is 279. The Morgan fingerprint density at radius 1 is 1.50 bits per heavy atom. The van der Waals surface area contributed by atoms with E-state index in [1.165, 1.54) is 6.07 Å². The van der Waals surface area contributed by atoms with Crippen LogP contribution in [-0.4, -0.2) is 11.4 Å². The number of aromatic hydroxyl groups is 1. The maximum atomic E-state index is 10.5. The average Bonchev–Trinajstić information content (AvgIpc) is 2.05. The molecule has 0 unspecified atom stereocenters. The van der Waals surface area contributed by atoms with Crippen molar-refractivity contribution in [1.82, 2.24) is 0 Å². The van der Waals surface area contributed by atoms with Crippen molar-refractivity contribution in [3.63, 3.8) is 0 Å². The van der Waals surface area contributed by atoms with E-state index < -0.39 is 0 Å². The number of rotatable bonds is 3. The van der Waals surface area contributed by atoms with Gasteiger partial charge in [-0.05, 0) is 30.2 Å². The molecule has 0 bridgehead atoms. The van der Waals surface area contributed by atoms with E-state index in [0.29, 0.717) is 5.56 Å². The minimum Gasteiger partial charge on any atom is -0.508 e. The molecule has 0 amide bonds. The molecular formula is C10H12O2. The van der Waals surface area contributed by atoms with Gasteiger partial charge in [0.25, 0.3) is 0 Å². The summed E-state index contributed by atoms with van der Waals surface area (Å²) in [6, 6.07) is 4.82. The van der Waals surface area contributed by atoms with Crippen molar-refractivity contribution < 1.29 is 9.90 Å². The van der Waals surface area contributed by atoms with Crippen LogP contribution in [0.4, 0.5) is 0 Å². The predicted molar refractivity (Wildman–Crippen MR) is 47.5 cm³/mol. The number of carbonyl (C=O) groups is 1. The van der Waals surface area contributed by atoms with Crippen LogP contribution in [0.25, 0.3) is 0 Å². The van der Waals surface area contributed by atoms with Gasteiger partial charge in [-0.15, -0.1) is 0 Å². The molecule has 0 saturated carbocycles. The number of phenolic OH excluding ortho intramolecular Hbond substituents is 1. The number of aldehydes is 1. The minimum atomic E-state index is 0.226. The number of aryl methyl sites for hydroxylation is 1. The fourth-order valence-electron chi connectivity index (χ4n) is 1.19. The van der Waals surface area contributed by atoms with Crippen molar-refractivity contribution in [2.24, 2.45) is 0 Å². The van der Waals surface area contributed by atoms with E-state index in [0.717, 1.165) is 24.7 Å². The fraction of sp³-hybridized carbons (Fsp3) is 0.300. The first-order valence-corrected chi connectivity index (χ1v) is 4.05. The summed E-state index contributed by atoms with van der Waals surface area (Å²) < 4.78 is 0. The van der Waals surface area contributed by atoms with Crippen molar-refractivity contribution in [2.45, 2.75) is 19.8 Å². The summed E-state index contributed by atoms with van der Waals surface area (Å²) in [7, 11) is 0. The summed E-state index contributed by atoms with van der Waals surface area (Å²) in [4.78, 5) is 10.5. The smallest absolute Gasteiger partial charge is 0.150 e. The highest BCUT2D eigenvalue weighted by molar-refractivity contribution is 5.77. The zero-order valence-corrected chi connectivity index (χ0v) is 7.08. The number of hydrogen-bond donors (Lipinski definition) is 1. The monoisotopic (exact) mass is 164 g/mol. The summed E-state index contributed by atoms with van der Waals surface area (Å²) in [5, 5.41) is 9.14. The minimum absolute atomic E-state index is 0.226. The maximum absolute atomic E-state index is 10.5. The van der Waals surface area contributed by atoms with Crippen LogP contribution in [0, 0.1) is 0 Å². The second-order valence-electron chi connectivity index (χ2n) is 2.75. The molecule has 2 heteroatoms. The second kappa shape index (κ2) is 3.90. The third kappa shape index (κ3) is 1.84. The molecule has 1 N–H and O–H groups in total. The van der Waals surface area contributed by atoms with Gasteiger partial charge in [-0.2, -0.15) is 0 Å². The van der Waals surface area contributed by atoms with E-state index in [9.17, 15) is 4.79 Å². The van der Waals surface area contributed by atoms with Gasteiger partial charge in [-0.3, -0.25) is 4.79 Å². The van der Waals surface area contributed by atoms with Gasteiger partial charge in [0, 0.05) is 5.56 Å². The first kappa shape index (κ1) is 8.78. The van der Waals surface area contributed by atoms with E-state index in [-0.39, 0.29) is 5.75 Å². The van der Waals surface area contributed by atoms with Gasteiger partial charge < -0.3 is 5.11 Å². The zero-order valence-electron chi connectivity index (χ0n) is 7.08. The van der Waals surface area contributed by atoms with Crippen molar-refractivity contribution in [3.05, 3.63) is 29.3 Å². The van der Waals surface area contributed by atoms with Crippen LogP contribution in [0.3, 0.4) is 0 Å². The lowest BCUT2D eigenvalue weighted by Crippen LogP contribution is -1.91. The third-order valence-corrected chi connectivity index (χ3v) is 1.77. The molecule has 0 atom stereocenters. The number of phenols is 1. The van der Waals surface area contributed by atoms with Gasteiger partial charge in [-0.1, -0.05) is 13.3 Å². The van der Waals surface area contributed by atoms with Crippen LogP contribution in [0.5, 0.6) is 5.75 Å². The van der Waals surface area contributed by atoms with Crippen LogP contribution in [-0.2, 0) is 6.42 Å². The normalized spacial score (nSPS) is 9.75. The Morgan fingerprint density at radius 3 is 2.83 bits per heavy atom. The highest BCUT2D eigenvalue weighted by Crippen LogP contribution is 2.16. The van der Waals surface area contributed by atoms with Crippen LogP contribution >= 0.6 is 0 Å². The molecule has 1 aromatic rings. The third-order valence-electron chi connectivity index (χ3n) is 1.77. The molecule has 0 fully saturated rings. The first-order valence-electron chi connectivity index (χ1n) is 4.05. The lowest BCUT2D eigenvalue weighted by molar-refractivity contribution is 0.112. The first-order chi connectivity index (χ1) is 5.77. The summed E-state index contributed by atoms with van der Waals surface area (Å²) in [6.07, 6.45) is 2.64. The van der Waals surface area contributed by atoms with Crippen LogP contribution < -0.4 is 0 Å². The Hall–Kier alpha value is -1.31. The molecule has 2 nitrogen and oxygen atoms in total. The zero-order chi connectivity index (χ0) is 8.97. The summed E-state index contributed by atoms with van der Waals surface area (Å²) in [6.45, 7) is 2.04. The molecule has 1 rings (SSSR count).